The van der Waals surface area contributed by atoms with Gasteiger partial charge >= 0.3 is 5.97 Å². The fraction of sp³-hybridized carbons (Fsp3) is 0.258. The van der Waals surface area contributed by atoms with Gasteiger partial charge < -0.3 is 10.1 Å². The summed E-state index contributed by atoms with van der Waals surface area (Å²) in [6.45, 7) is 3.31. The molecule has 0 saturated carbocycles. The number of para-hydroxylation sites is 1. The van der Waals surface area contributed by atoms with Crippen LogP contribution in [0.1, 0.15) is 34.8 Å². The summed E-state index contributed by atoms with van der Waals surface area (Å²) in [5.41, 5.74) is 5.46. The first-order chi connectivity index (χ1) is 18.1. The lowest BCUT2D eigenvalue weighted by Crippen LogP contribution is -2.37. The third-order valence-corrected chi connectivity index (χ3v) is 7.06. The summed E-state index contributed by atoms with van der Waals surface area (Å²) in [6.07, 6.45) is 1.48. The van der Waals surface area contributed by atoms with E-state index in [4.69, 9.17) is 9.72 Å². The van der Waals surface area contributed by atoms with Crippen LogP contribution in [-0.2, 0) is 22.5 Å². The number of benzene rings is 3. The van der Waals surface area contributed by atoms with Crippen LogP contribution in [0.15, 0.2) is 84.9 Å². The molecule has 3 aromatic carbocycles. The molecule has 1 N–H and O–H groups in total. The molecule has 1 aromatic heterocycles. The lowest BCUT2D eigenvalue weighted by Gasteiger charge is -2.22. The van der Waals surface area contributed by atoms with Gasteiger partial charge in [-0.25, -0.2) is 4.98 Å². The highest BCUT2D eigenvalue weighted by Gasteiger charge is 2.38. The number of pyridine rings is 1. The molecule has 1 aliphatic rings. The number of methoxy groups -OCH3 is 1. The van der Waals surface area contributed by atoms with Crippen LogP contribution in [-0.4, -0.2) is 47.5 Å². The first-order valence-electron chi connectivity index (χ1n) is 12.7. The van der Waals surface area contributed by atoms with E-state index in [0.717, 1.165) is 34.1 Å². The molecule has 0 bridgehead atoms. The topological polar surface area (TPSA) is 71.5 Å². The molecule has 1 fully saturated rings. The maximum atomic E-state index is 13.6. The van der Waals surface area contributed by atoms with Crippen molar-refractivity contribution in [2.24, 2.45) is 0 Å². The number of likely N-dealkylation sites (tertiary alicyclic amines) is 1. The highest BCUT2D eigenvalue weighted by Crippen LogP contribution is 2.26. The maximum Gasteiger partial charge on any atom is 0.323 e. The van der Waals surface area contributed by atoms with Gasteiger partial charge in [-0.15, -0.1) is 0 Å². The molecule has 0 spiro atoms. The molecule has 2 atom stereocenters. The highest BCUT2D eigenvalue weighted by molar-refractivity contribution is 6.07. The summed E-state index contributed by atoms with van der Waals surface area (Å²) in [4.78, 5) is 33.1. The van der Waals surface area contributed by atoms with Gasteiger partial charge in [0.05, 0.1) is 23.9 Å². The Kier molecular flexibility index (Phi) is 7.28. The van der Waals surface area contributed by atoms with E-state index in [-0.39, 0.29) is 17.9 Å². The molecule has 0 unspecified atom stereocenters. The number of amides is 1. The summed E-state index contributed by atoms with van der Waals surface area (Å²) in [6, 6.07) is 27.3. The van der Waals surface area contributed by atoms with Gasteiger partial charge in [-0.1, -0.05) is 79.7 Å². The van der Waals surface area contributed by atoms with E-state index in [2.05, 4.69) is 41.4 Å². The van der Waals surface area contributed by atoms with Crippen LogP contribution in [0.4, 0.5) is 0 Å². The van der Waals surface area contributed by atoms with E-state index < -0.39 is 6.04 Å². The van der Waals surface area contributed by atoms with E-state index in [1.807, 2.05) is 60.7 Å². The Bertz CT molecular complexity index is 1400. The minimum absolute atomic E-state index is 0.168. The Morgan fingerprint density at radius 1 is 0.973 bits per heavy atom. The average Bonchev–Trinajstić information content (AvgIpc) is 3.34. The summed E-state index contributed by atoms with van der Waals surface area (Å²) >= 11 is 0. The predicted molar refractivity (Wildman–Crippen MR) is 145 cm³/mol. The van der Waals surface area contributed by atoms with Crippen molar-refractivity contribution < 1.29 is 14.3 Å². The second-order valence-corrected chi connectivity index (χ2v) is 9.48. The molecule has 4 aromatic rings. The van der Waals surface area contributed by atoms with Gasteiger partial charge in [0.15, 0.2) is 0 Å². The third-order valence-electron chi connectivity index (χ3n) is 7.06. The molecule has 0 aliphatic carbocycles. The van der Waals surface area contributed by atoms with Crippen molar-refractivity contribution in [3.8, 4) is 11.3 Å². The van der Waals surface area contributed by atoms with E-state index in [1.165, 1.54) is 12.7 Å². The van der Waals surface area contributed by atoms with Crippen LogP contribution in [0.2, 0.25) is 0 Å². The van der Waals surface area contributed by atoms with Crippen LogP contribution in [0.3, 0.4) is 0 Å². The number of aromatic nitrogens is 1. The minimum Gasteiger partial charge on any atom is -0.468 e. The molecule has 1 amide bonds. The molecule has 6 heteroatoms. The Hall–Kier alpha value is -4.03. The van der Waals surface area contributed by atoms with Gasteiger partial charge in [0.25, 0.3) is 5.91 Å². The Morgan fingerprint density at radius 2 is 1.68 bits per heavy atom. The van der Waals surface area contributed by atoms with Gasteiger partial charge in [-0.2, -0.15) is 0 Å². The fourth-order valence-electron chi connectivity index (χ4n) is 5.06. The Labute approximate surface area is 217 Å². The van der Waals surface area contributed by atoms with Crippen LogP contribution < -0.4 is 5.32 Å². The van der Waals surface area contributed by atoms with Crippen LogP contribution in [0, 0.1) is 0 Å². The number of carbonyl (C=O) groups is 2. The van der Waals surface area contributed by atoms with E-state index in [1.54, 1.807) is 0 Å². The second-order valence-electron chi connectivity index (χ2n) is 9.48. The normalized spacial score (nSPS) is 17.6. The number of nitrogens with zero attached hydrogens (tertiary/aromatic N) is 2. The molecule has 1 saturated heterocycles. The first kappa shape index (κ1) is 24.7. The average molecular weight is 494 g/mol. The summed E-state index contributed by atoms with van der Waals surface area (Å²) in [5, 5.41) is 3.99. The molecule has 5 rings (SSSR count). The number of ether oxygens (including phenoxy) is 1. The number of hydrogen-bond donors (Lipinski definition) is 1. The van der Waals surface area contributed by atoms with Gasteiger partial charge in [0.2, 0.25) is 0 Å². The summed E-state index contributed by atoms with van der Waals surface area (Å²) in [5.74, 6) is -0.443. The molecule has 37 heavy (non-hydrogen) atoms. The maximum absolute atomic E-state index is 13.6. The summed E-state index contributed by atoms with van der Waals surface area (Å²) in [7, 11) is 1.41. The Morgan fingerprint density at radius 3 is 2.41 bits per heavy atom. The number of hydrogen-bond acceptors (Lipinski definition) is 5. The van der Waals surface area contributed by atoms with Crippen LogP contribution in [0.5, 0.6) is 0 Å². The highest BCUT2D eigenvalue weighted by atomic mass is 16.5. The van der Waals surface area contributed by atoms with Gasteiger partial charge in [0.1, 0.15) is 6.04 Å². The zero-order valence-corrected chi connectivity index (χ0v) is 21.2. The fourth-order valence-corrected chi connectivity index (χ4v) is 5.06. The Balaban J connectivity index is 1.39. The van der Waals surface area contributed by atoms with E-state index in [9.17, 15) is 9.59 Å². The van der Waals surface area contributed by atoms with Crippen molar-refractivity contribution in [1.82, 2.24) is 15.2 Å². The SMILES string of the molecule is CCc1ccc(CN2C[C@@H](NC(=O)c3cc(-c4ccccc4)nc4ccccc34)C[C@H]2C(=O)OC)cc1. The minimum atomic E-state index is -0.407. The van der Waals surface area contributed by atoms with Crippen LogP contribution >= 0.6 is 0 Å². The van der Waals surface area contributed by atoms with Crippen molar-refractivity contribution in [3.05, 3.63) is 102 Å². The molecule has 188 valence electrons. The number of nitrogens with one attached hydrogen (secondary N) is 1. The second kappa shape index (κ2) is 10.9. The smallest absolute Gasteiger partial charge is 0.323 e. The molecule has 2 heterocycles. The number of carbonyl (C=O) groups excluding carboxylic acids is 2. The zero-order valence-electron chi connectivity index (χ0n) is 21.2. The lowest BCUT2D eigenvalue weighted by atomic mass is 10.0. The van der Waals surface area contributed by atoms with E-state index >= 15 is 0 Å². The van der Waals surface area contributed by atoms with Gasteiger partial charge in [0, 0.05) is 30.1 Å². The summed E-state index contributed by atoms with van der Waals surface area (Å²) < 4.78 is 5.10. The standard InChI is InChI=1S/C31H31N3O3/c1-3-21-13-15-22(16-14-21)19-34-20-24(17-29(34)31(36)37-2)32-30(35)26-18-28(23-9-5-4-6-10-23)33-27-12-8-7-11-25(26)27/h4-16,18,24,29H,3,17,19-20H2,1-2H3,(H,32,35)/t24-,29-/m0/s1. The quantitative estimate of drug-likeness (QED) is 0.367. The monoisotopic (exact) mass is 493 g/mol. The molecule has 0 radical (unpaired) electrons. The number of fused-ring (bicyclic) bond motifs is 1. The molecular weight excluding hydrogens is 462 g/mol. The van der Waals surface area contributed by atoms with Crippen molar-refractivity contribution in [1.29, 1.82) is 0 Å². The van der Waals surface area contributed by atoms with Crippen molar-refractivity contribution in [2.75, 3.05) is 13.7 Å². The lowest BCUT2D eigenvalue weighted by molar-refractivity contribution is -0.146. The number of esters is 1. The first-order valence-corrected chi connectivity index (χ1v) is 12.7. The predicted octanol–water partition coefficient (Wildman–Crippen LogP) is 5.01. The van der Waals surface area contributed by atoms with Gasteiger partial charge in [-0.05, 0) is 36.1 Å². The van der Waals surface area contributed by atoms with Crippen molar-refractivity contribution in [2.45, 2.75) is 38.4 Å². The van der Waals surface area contributed by atoms with Crippen molar-refractivity contribution in [3.63, 3.8) is 0 Å². The number of aryl methyl sites for hydroxylation is 1. The molecular formula is C31H31N3O3. The molecule has 1 aliphatic heterocycles. The largest absolute Gasteiger partial charge is 0.468 e. The van der Waals surface area contributed by atoms with E-state index in [0.29, 0.717) is 25.1 Å². The molecule has 6 nitrogen and oxygen atoms in total. The zero-order chi connectivity index (χ0) is 25.8. The third kappa shape index (κ3) is 5.39. The number of rotatable bonds is 7. The van der Waals surface area contributed by atoms with Gasteiger partial charge in [-0.3, -0.25) is 14.5 Å². The van der Waals surface area contributed by atoms with Crippen LogP contribution in [0.25, 0.3) is 22.2 Å². The van der Waals surface area contributed by atoms with Crippen molar-refractivity contribution >= 4 is 22.8 Å².